The van der Waals surface area contributed by atoms with Gasteiger partial charge in [-0.3, -0.25) is 0 Å². The van der Waals surface area contributed by atoms with Crippen molar-refractivity contribution in [1.82, 2.24) is 10.2 Å². The summed E-state index contributed by atoms with van der Waals surface area (Å²) >= 11 is 0. The molecule has 18 heavy (non-hydrogen) atoms. The largest absolute Gasteiger partial charge is 0.384 e. The molecule has 0 aromatic heterocycles. The third kappa shape index (κ3) is 4.31. The van der Waals surface area contributed by atoms with E-state index in [-0.39, 0.29) is 0 Å². The zero-order valence-electron chi connectivity index (χ0n) is 11.6. The molecule has 0 saturated carbocycles. The van der Waals surface area contributed by atoms with E-state index in [0.29, 0.717) is 5.41 Å². The van der Waals surface area contributed by atoms with Crippen molar-refractivity contribution >= 4 is 5.69 Å². The van der Waals surface area contributed by atoms with Gasteiger partial charge in [0.25, 0.3) is 0 Å². The van der Waals surface area contributed by atoms with Gasteiger partial charge in [-0.05, 0) is 17.5 Å². The highest BCUT2D eigenvalue weighted by Crippen LogP contribution is 2.18. The van der Waals surface area contributed by atoms with Gasteiger partial charge in [0.05, 0.1) is 0 Å². The molecule has 100 valence electrons. The van der Waals surface area contributed by atoms with Gasteiger partial charge in [-0.1, -0.05) is 32.0 Å². The van der Waals surface area contributed by atoms with Crippen molar-refractivity contribution in [3.63, 3.8) is 0 Å². The van der Waals surface area contributed by atoms with Gasteiger partial charge in [0.2, 0.25) is 0 Å². The van der Waals surface area contributed by atoms with Crippen LogP contribution in [-0.2, 0) is 0 Å². The smallest absolute Gasteiger partial charge is 0.0340 e. The number of nitrogens with one attached hydrogen (secondary N) is 2. The minimum absolute atomic E-state index is 0.299. The van der Waals surface area contributed by atoms with E-state index in [2.05, 4.69) is 59.7 Å². The van der Waals surface area contributed by atoms with Crippen LogP contribution in [0.3, 0.4) is 0 Å². The van der Waals surface area contributed by atoms with Gasteiger partial charge in [-0.2, -0.15) is 0 Å². The highest BCUT2D eigenvalue weighted by Gasteiger charge is 2.22. The second kappa shape index (κ2) is 6.21. The molecule has 1 aromatic rings. The minimum atomic E-state index is 0.299. The van der Waals surface area contributed by atoms with Gasteiger partial charge in [-0.25, -0.2) is 0 Å². The number of anilines is 1. The van der Waals surface area contributed by atoms with Crippen LogP contribution in [0.1, 0.15) is 13.8 Å². The Morgan fingerprint density at radius 1 is 1.17 bits per heavy atom. The van der Waals surface area contributed by atoms with Crippen LogP contribution in [0.4, 0.5) is 5.69 Å². The summed E-state index contributed by atoms with van der Waals surface area (Å²) in [4.78, 5) is 2.56. The lowest BCUT2D eigenvalue weighted by atomic mass is 9.92. The maximum absolute atomic E-state index is 3.53. The second-order valence-electron chi connectivity index (χ2n) is 5.91. The van der Waals surface area contributed by atoms with E-state index < -0.39 is 0 Å². The Morgan fingerprint density at radius 2 is 1.83 bits per heavy atom. The molecule has 1 aliphatic rings. The van der Waals surface area contributed by atoms with Gasteiger partial charge in [0, 0.05) is 45.0 Å². The zero-order valence-corrected chi connectivity index (χ0v) is 11.6. The average molecular weight is 247 g/mol. The van der Waals surface area contributed by atoms with Crippen molar-refractivity contribution in [2.24, 2.45) is 5.41 Å². The molecule has 0 aliphatic carbocycles. The van der Waals surface area contributed by atoms with Crippen LogP contribution < -0.4 is 10.6 Å². The van der Waals surface area contributed by atoms with Crippen LogP contribution in [0.5, 0.6) is 0 Å². The first-order chi connectivity index (χ1) is 8.66. The van der Waals surface area contributed by atoms with Crippen LogP contribution in [0.25, 0.3) is 0 Å². The summed E-state index contributed by atoms with van der Waals surface area (Å²) in [6.45, 7) is 11.5. The lowest BCUT2D eigenvalue weighted by Crippen LogP contribution is -2.48. The summed E-state index contributed by atoms with van der Waals surface area (Å²) < 4.78 is 0. The van der Waals surface area contributed by atoms with Gasteiger partial charge in [-0.15, -0.1) is 0 Å². The predicted octanol–water partition coefficient (Wildman–Crippen LogP) is 2.03. The monoisotopic (exact) mass is 247 g/mol. The summed E-state index contributed by atoms with van der Waals surface area (Å²) in [6.07, 6.45) is 0. The fourth-order valence-corrected chi connectivity index (χ4v) is 2.43. The summed E-state index contributed by atoms with van der Waals surface area (Å²) in [5.41, 5.74) is 1.51. The molecule has 1 fully saturated rings. The molecule has 0 bridgehead atoms. The van der Waals surface area contributed by atoms with Crippen LogP contribution in [0.2, 0.25) is 0 Å². The molecule has 3 heteroatoms. The molecule has 0 spiro atoms. The molecular formula is C15H25N3. The predicted molar refractivity (Wildman–Crippen MR) is 78.0 cm³/mol. The Balaban J connectivity index is 1.79. The summed E-state index contributed by atoms with van der Waals surface area (Å²) in [5.74, 6) is 0. The number of hydrogen-bond donors (Lipinski definition) is 2. The van der Waals surface area contributed by atoms with Gasteiger partial charge >= 0.3 is 0 Å². The number of nitrogens with zero attached hydrogens (tertiary/aromatic N) is 1. The van der Waals surface area contributed by atoms with Crippen LogP contribution in [0.15, 0.2) is 30.3 Å². The highest BCUT2D eigenvalue weighted by molar-refractivity contribution is 5.42. The Bertz CT molecular complexity index is 342. The lowest BCUT2D eigenvalue weighted by Gasteiger charge is -2.35. The standard InChI is InChI=1S/C15H25N3/c1-15(2,13-18-10-8-16-9-11-18)12-17-14-6-4-3-5-7-14/h3-7,16-17H,8-13H2,1-2H3. The van der Waals surface area contributed by atoms with Crippen LogP contribution in [-0.4, -0.2) is 44.2 Å². The summed E-state index contributed by atoms with van der Waals surface area (Å²) in [6, 6.07) is 10.5. The quantitative estimate of drug-likeness (QED) is 0.833. The van der Waals surface area contributed by atoms with Crippen molar-refractivity contribution < 1.29 is 0 Å². The first kappa shape index (κ1) is 13.4. The summed E-state index contributed by atoms with van der Waals surface area (Å²) in [7, 11) is 0. The Labute approximate surface area is 111 Å². The Kier molecular flexibility index (Phi) is 4.61. The maximum atomic E-state index is 3.53. The molecular weight excluding hydrogens is 222 g/mol. The first-order valence-corrected chi connectivity index (χ1v) is 6.88. The molecule has 1 heterocycles. The molecule has 1 saturated heterocycles. The normalized spacial score (nSPS) is 17.7. The van der Waals surface area contributed by atoms with Gasteiger partial charge in [0.15, 0.2) is 0 Å². The third-order valence-corrected chi connectivity index (χ3v) is 3.41. The van der Waals surface area contributed by atoms with Crippen molar-refractivity contribution in [2.75, 3.05) is 44.6 Å². The fourth-order valence-electron chi connectivity index (χ4n) is 2.43. The second-order valence-corrected chi connectivity index (χ2v) is 5.91. The fraction of sp³-hybridized carbons (Fsp3) is 0.600. The van der Waals surface area contributed by atoms with E-state index in [4.69, 9.17) is 0 Å². The molecule has 1 aliphatic heterocycles. The van der Waals surface area contributed by atoms with Gasteiger partial charge < -0.3 is 15.5 Å². The van der Waals surface area contributed by atoms with E-state index in [0.717, 1.165) is 26.2 Å². The topological polar surface area (TPSA) is 27.3 Å². The molecule has 0 atom stereocenters. The summed E-state index contributed by atoms with van der Waals surface area (Å²) in [5, 5.41) is 6.93. The van der Waals surface area contributed by atoms with Crippen LogP contribution in [0, 0.1) is 5.41 Å². The minimum Gasteiger partial charge on any atom is -0.384 e. The SMILES string of the molecule is CC(C)(CNc1ccccc1)CN1CCNCC1. The molecule has 0 radical (unpaired) electrons. The Hall–Kier alpha value is -1.06. The number of benzene rings is 1. The molecule has 2 N–H and O–H groups in total. The van der Waals surface area contributed by atoms with Crippen molar-refractivity contribution in [2.45, 2.75) is 13.8 Å². The van der Waals surface area contributed by atoms with Crippen molar-refractivity contribution in [1.29, 1.82) is 0 Å². The van der Waals surface area contributed by atoms with Crippen molar-refractivity contribution in [3.8, 4) is 0 Å². The lowest BCUT2D eigenvalue weighted by molar-refractivity contribution is 0.168. The molecule has 2 rings (SSSR count). The average Bonchev–Trinajstić information content (AvgIpc) is 2.38. The Morgan fingerprint density at radius 3 is 2.50 bits per heavy atom. The number of rotatable bonds is 5. The maximum Gasteiger partial charge on any atom is 0.0340 e. The molecule has 0 unspecified atom stereocenters. The van der Waals surface area contributed by atoms with E-state index >= 15 is 0 Å². The zero-order chi connectivity index (χ0) is 12.8. The third-order valence-electron chi connectivity index (χ3n) is 3.41. The number of para-hydroxylation sites is 1. The van der Waals surface area contributed by atoms with Crippen molar-refractivity contribution in [3.05, 3.63) is 30.3 Å². The molecule has 1 aromatic carbocycles. The van der Waals surface area contributed by atoms with Gasteiger partial charge in [0.1, 0.15) is 0 Å². The van der Waals surface area contributed by atoms with E-state index in [1.807, 2.05) is 0 Å². The van der Waals surface area contributed by atoms with E-state index in [9.17, 15) is 0 Å². The highest BCUT2D eigenvalue weighted by atomic mass is 15.2. The van der Waals surface area contributed by atoms with Crippen LogP contribution >= 0.6 is 0 Å². The molecule has 0 amide bonds. The van der Waals surface area contributed by atoms with E-state index in [1.165, 1.54) is 18.8 Å². The number of piperazine rings is 1. The molecule has 3 nitrogen and oxygen atoms in total. The first-order valence-electron chi connectivity index (χ1n) is 6.88. The number of hydrogen-bond acceptors (Lipinski definition) is 3. The van der Waals surface area contributed by atoms with E-state index in [1.54, 1.807) is 0 Å².